The van der Waals surface area contributed by atoms with Gasteiger partial charge in [0.2, 0.25) is 5.91 Å². The molecule has 0 atom stereocenters. The zero-order valence-electron chi connectivity index (χ0n) is 15.6. The minimum Gasteiger partial charge on any atom is -0.494 e. The Kier molecular flexibility index (Phi) is 5.45. The van der Waals surface area contributed by atoms with E-state index >= 15 is 0 Å². The first kappa shape index (κ1) is 18.5. The molecule has 0 saturated carbocycles. The normalized spacial score (nSPS) is 10.8. The van der Waals surface area contributed by atoms with Crippen LogP contribution >= 0.6 is 0 Å². The van der Waals surface area contributed by atoms with E-state index in [4.69, 9.17) is 4.74 Å². The molecule has 3 N–H and O–H groups in total. The van der Waals surface area contributed by atoms with Gasteiger partial charge in [-0.25, -0.2) is 0 Å². The van der Waals surface area contributed by atoms with E-state index in [1.54, 1.807) is 24.3 Å². The van der Waals surface area contributed by atoms with Gasteiger partial charge in [-0.05, 0) is 42.3 Å². The second-order valence-corrected chi connectivity index (χ2v) is 6.80. The van der Waals surface area contributed by atoms with Crippen LogP contribution in [0, 0.1) is 5.92 Å². The Bertz CT molecular complexity index is 976. The van der Waals surface area contributed by atoms with Gasteiger partial charge >= 0.3 is 0 Å². The number of fused-ring (bicyclic) bond motifs is 1. The molecule has 2 aromatic carbocycles. The Balaban J connectivity index is 1.74. The summed E-state index contributed by atoms with van der Waals surface area (Å²) in [6, 6.07) is 12.5. The van der Waals surface area contributed by atoms with Crippen molar-refractivity contribution in [2.75, 3.05) is 17.7 Å². The summed E-state index contributed by atoms with van der Waals surface area (Å²) in [5, 5.41) is 6.68. The lowest BCUT2D eigenvalue weighted by Crippen LogP contribution is -2.15. The quantitative estimate of drug-likeness (QED) is 0.605. The Morgan fingerprint density at radius 3 is 2.63 bits per heavy atom. The molecule has 0 unspecified atom stereocenters. The summed E-state index contributed by atoms with van der Waals surface area (Å²) in [5.41, 5.74) is 2.72. The Morgan fingerprint density at radius 2 is 1.89 bits per heavy atom. The first-order valence-corrected chi connectivity index (χ1v) is 8.82. The Morgan fingerprint density at radius 1 is 1.07 bits per heavy atom. The maximum Gasteiger partial charge on any atom is 0.255 e. The number of rotatable bonds is 6. The molecule has 2 amide bonds. The Hall–Kier alpha value is -3.28. The van der Waals surface area contributed by atoms with Crippen molar-refractivity contribution in [3.05, 3.63) is 54.2 Å². The SMILES string of the molecule is COc1cc(NC(=O)c2ccc3[nH]ccc3c2)ccc1NC(=O)CC(C)C. The van der Waals surface area contributed by atoms with Crippen molar-refractivity contribution in [2.45, 2.75) is 20.3 Å². The number of aromatic nitrogens is 1. The van der Waals surface area contributed by atoms with Gasteiger partial charge < -0.3 is 20.4 Å². The van der Waals surface area contributed by atoms with Crippen LogP contribution in [0.3, 0.4) is 0 Å². The summed E-state index contributed by atoms with van der Waals surface area (Å²) in [5.74, 6) is 0.481. The molecule has 0 aliphatic rings. The molecule has 27 heavy (non-hydrogen) atoms. The second-order valence-electron chi connectivity index (χ2n) is 6.80. The number of carbonyl (C=O) groups is 2. The van der Waals surface area contributed by atoms with Crippen molar-refractivity contribution in [1.82, 2.24) is 4.98 Å². The lowest BCUT2D eigenvalue weighted by atomic mass is 10.1. The van der Waals surface area contributed by atoms with Crippen LogP contribution in [-0.4, -0.2) is 23.9 Å². The standard InChI is InChI=1S/C21H23N3O3/c1-13(2)10-20(25)24-18-7-5-16(12-19(18)27-3)23-21(26)15-4-6-17-14(11-15)8-9-22-17/h4-9,11-13,22H,10H2,1-3H3,(H,23,26)(H,24,25). The third-order valence-electron chi connectivity index (χ3n) is 4.14. The molecule has 3 aromatic rings. The van der Waals surface area contributed by atoms with E-state index in [0.717, 1.165) is 10.9 Å². The van der Waals surface area contributed by atoms with Gasteiger partial charge in [-0.3, -0.25) is 9.59 Å². The molecule has 0 fully saturated rings. The van der Waals surface area contributed by atoms with E-state index in [2.05, 4.69) is 15.6 Å². The van der Waals surface area contributed by atoms with Crippen LogP contribution in [-0.2, 0) is 4.79 Å². The van der Waals surface area contributed by atoms with Crippen molar-refractivity contribution in [2.24, 2.45) is 5.92 Å². The topological polar surface area (TPSA) is 83.2 Å². The summed E-state index contributed by atoms with van der Waals surface area (Å²) in [4.78, 5) is 27.6. The fraction of sp³-hybridized carbons (Fsp3) is 0.238. The fourth-order valence-electron chi connectivity index (χ4n) is 2.84. The highest BCUT2D eigenvalue weighted by atomic mass is 16.5. The lowest BCUT2D eigenvalue weighted by Gasteiger charge is -2.13. The summed E-state index contributed by atoms with van der Waals surface area (Å²) in [7, 11) is 1.53. The van der Waals surface area contributed by atoms with Crippen LogP contribution < -0.4 is 15.4 Å². The van der Waals surface area contributed by atoms with Crippen molar-refractivity contribution in [3.63, 3.8) is 0 Å². The first-order valence-electron chi connectivity index (χ1n) is 8.82. The van der Waals surface area contributed by atoms with Crippen molar-refractivity contribution < 1.29 is 14.3 Å². The molecule has 0 aliphatic heterocycles. The molecule has 1 heterocycles. The van der Waals surface area contributed by atoms with Gasteiger partial charge in [0.05, 0.1) is 12.8 Å². The number of ether oxygens (including phenoxy) is 1. The summed E-state index contributed by atoms with van der Waals surface area (Å²) in [6.45, 7) is 3.97. The summed E-state index contributed by atoms with van der Waals surface area (Å²) < 4.78 is 5.36. The van der Waals surface area contributed by atoms with Crippen molar-refractivity contribution >= 4 is 34.1 Å². The number of anilines is 2. The number of carbonyl (C=O) groups excluding carboxylic acids is 2. The zero-order valence-corrected chi connectivity index (χ0v) is 15.6. The van der Waals surface area contributed by atoms with Crippen LogP contribution in [0.2, 0.25) is 0 Å². The molecule has 6 nitrogen and oxygen atoms in total. The second kappa shape index (κ2) is 7.95. The molecule has 0 bridgehead atoms. The highest BCUT2D eigenvalue weighted by Gasteiger charge is 2.12. The number of hydrogen-bond acceptors (Lipinski definition) is 3. The average molecular weight is 365 g/mol. The summed E-state index contributed by atoms with van der Waals surface area (Å²) in [6.07, 6.45) is 2.27. The van der Waals surface area contributed by atoms with Gasteiger partial charge in [-0.1, -0.05) is 13.8 Å². The highest BCUT2D eigenvalue weighted by Crippen LogP contribution is 2.28. The molecule has 0 radical (unpaired) electrons. The van der Waals surface area contributed by atoms with Gasteiger partial charge in [0.1, 0.15) is 5.75 Å². The van der Waals surface area contributed by atoms with Crippen LogP contribution in [0.4, 0.5) is 11.4 Å². The van der Waals surface area contributed by atoms with E-state index in [-0.39, 0.29) is 17.7 Å². The lowest BCUT2D eigenvalue weighted by molar-refractivity contribution is -0.116. The minimum absolute atomic E-state index is 0.0695. The molecule has 0 saturated heterocycles. The Labute approximate surface area is 157 Å². The number of H-pyrrole nitrogens is 1. The predicted molar refractivity (Wildman–Crippen MR) is 107 cm³/mol. The van der Waals surface area contributed by atoms with Crippen molar-refractivity contribution in [3.8, 4) is 5.75 Å². The number of aromatic amines is 1. The molecule has 140 valence electrons. The van der Waals surface area contributed by atoms with Gasteiger partial charge in [-0.2, -0.15) is 0 Å². The van der Waals surface area contributed by atoms with Gasteiger partial charge in [0, 0.05) is 40.8 Å². The van der Waals surface area contributed by atoms with Gasteiger partial charge in [0.25, 0.3) is 5.91 Å². The smallest absolute Gasteiger partial charge is 0.255 e. The molecular formula is C21H23N3O3. The van der Waals surface area contributed by atoms with Gasteiger partial charge in [0.15, 0.2) is 0 Å². The molecule has 0 aliphatic carbocycles. The van der Waals surface area contributed by atoms with E-state index < -0.39 is 0 Å². The van der Waals surface area contributed by atoms with E-state index in [0.29, 0.717) is 29.1 Å². The maximum absolute atomic E-state index is 12.5. The highest BCUT2D eigenvalue weighted by molar-refractivity contribution is 6.06. The monoisotopic (exact) mass is 365 g/mol. The number of methoxy groups -OCH3 is 1. The third-order valence-corrected chi connectivity index (χ3v) is 4.14. The number of nitrogens with one attached hydrogen (secondary N) is 3. The van der Waals surface area contributed by atoms with Crippen LogP contribution in [0.5, 0.6) is 5.75 Å². The largest absolute Gasteiger partial charge is 0.494 e. The average Bonchev–Trinajstić information content (AvgIpc) is 3.09. The van der Waals surface area contributed by atoms with E-state index in [9.17, 15) is 9.59 Å². The molecule has 1 aromatic heterocycles. The van der Waals surface area contributed by atoms with Crippen LogP contribution in [0.1, 0.15) is 30.6 Å². The van der Waals surface area contributed by atoms with Crippen molar-refractivity contribution in [1.29, 1.82) is 0 Å². The zero-order chi connectivity index (χ0) is 19.4. The molecule has 6 heteroatoms. The number of benzene rings is 2. The first-order chi connectivity index (χ1) is 13.0. The van der Waals surface area contributed by atoms with Gasteiger partial charge in [-0.15, -0.1) is 0 Å². The van der Waals surface area contributed by atoms with E-state index in [1.165, 1.54) is 7.11 Å². The predicted octanol–water partition coefficient (Wildman–Crippen LogP) is 4.41. The number of hydrogen-bond donors (Lipinski definition) is 3. The molecule has 3 rings (SSSR count). The van der Waals surface area contributed by atoms with Crippen LogP contribution in [0.25, 0.3) is 10.9 Å². The minimum atomic E-state index is -0.211. The number of amides is 2. The third kappa shape index (κ3) is 4.47. The van der Waals surface area contributed by atoms with E-state index in [1.807, 2.05) is 38.2 Å². The maximum atomic E-state index is 12.5. The molecular weight excluding hydrogens is 342 g/mol. The fourth-order valence-corrected chi connectivity index (χ4v) is 2.84. The summed E-state index contributed by atoms with van der Waals surface area (Å²) >= 11 is 0. The van der Waals surface area contributed by atoms with Crippen LogP contribution in [0.15, 0.2) is 48.7 Å². The molecule has 0 spiro atoms.